The number of carbonyl (C=O) groups is 1. The summed E-state index contributed by atoms with van der Waals surface area (Å²) in [6.45, 7) is 1.84. The first-order valence-corrected chi connectivity index (χ1v) is 9.77. The number of hydrogen-bond donors (Lipinski definition) is 0. The van der Waals surface area contributed by atoms with Gasteiger partial charge in [0.1, 0.15) is 11.4 Å². The zero-order valence-corrected chi connectivity index (χ0v) is 16.6. The zero-order valence-electron chi connectivity index (χ0n) is 15.8. The summed E-state index contributed by atoms with van der Waals surface area (Å²) < 4.78 is 16.0. The van der Waals surface area contributed by atoms with Crippen LogP contribution in [0.3, 0.4) is 0 Å². The molecule has 0 spiro atoms. The Bertz CT molecular complexity index is 1120. The van der Waals surface area contributed by atoms with Gasteiger partial charge in [0.05, 0.1) is 30.4 Å². The van der Waals surface area contributed by atoms with E-state index in [4.69, 9.17) is 13.7 Å². The van der Waals surface area contributed by atoms with Crippen molar-refractivity contribution in [2.24, 2.45) is 0 Å². The lowest BCUT2D eigenvalue weighted by molar-refractivity contribution is 0.102. The lowest BCUT2D eigenvalue weighted by atomic mass is 10.1. The van der Waals surface area contributed by atoms with Gasteiger partial charge >= 0.3 is 0 Å². The number of benzene rings is 1. The van der Waals surface area contributed by atoms with Crippen LogP contribution in [0.2, 0.25) is 0 Å². The molecule has 29 heavy (non-hydrogen) atoms. The number of hydrogen-bond acceptors (Lipinski definition) is 8. The molecule has 0 radical (unpaired) electrons. The van der Waals surface area contributed by atoms with Crippen molar-refractivity contribution in [1.82, 2.24) is 15.1 Å². The van der Waals surface area contributed by atoms with Crippen LogP contribution in [0, 0.1) is 6.92 Å². The van der Waals surface area contributed by atoms with Gasteiger partial charge in [0.15, 0.2) is 22.5 Å². The molecule has 1 aromatic carbocycles. The second-order valence-electron chi connectivity index (χ2n) is 6.17. The number of aromatic nitrogens is 3. The van der Waals surface area contributed by atoms with Crippen molar-refractivity contribution in [3.8, 4) is 28.5 Å². The molecule has 0 aliphatic heterocycles. The van der Waals surface area contributed by atoms with Crippen LogP contribution in [0.1, 0.15) is 16.1 Å². The summed E-state index contributed by atoms with van der Waals surface area (Å²) in [5.74, 6) is 2.04. The van der Waals surface area contributed by atoms with Crippen molar-refractivity contribution in [1.29, 1.82) is 0 Å². The van der Waals surface area contributed by atoms with Crippen LogP contribution in [-0.2, 0) is 0 Å². The van der Waals surface area contributed by atoms with Gasteiger partial charge in [-0.15, -0.1) is 0 Å². The molecule has 3 aromatic heterocycles. The van der Waals surface area contributed by atoms with Gasteiger partial charge in [-0.1, -0.05) is 16.9 Å². The van der Waals surface area contributed by atoms with Crippen LogP contribution in [-0.4, -0.2) is 33.8 Å². The maximum absolute atomic E-state index is 12.5. The Morgan fingerprint density at radius 3 is 2.66 bits per heavy atom. The van der Waals surface area contributed by atoms with Crippen molar-refractivity contribution in [2.75, 3.05) is 12.9 Å². The fourth-order valence-electron chi connectivity index (χ4n) is 2.70. The predicted molar refractivity (Wildman–Crippen MR) is 108 cm³/mol. The van der Waals surface area contributed by atoms with Gasteiger partial charge in [-0.3, -0.25) is 4.79 Å². The number of nitrogens with zero attached hydrogens (tertiary/aromatic N) is 3. The Labute approximate surface area is 171 Å². The highest BCUT2D eigenvalue weighted by molar-refractivity contribution is 7.99. The van der Waals surface area contributed by atoms with Crippen LogP contribution >= 0.6 is 11.8 Å². The largest absolute Gasteiger partial charge is 0.497 e. The maximum atomic E-state index is 12.5. The number of ether oxygens (including phenoxy) is 1. The number of rotatable bonds is 7. The van der Waals surface area contributed by atoms with E-state index >= 15 is 0 Å². The van der Waals surface area contributed by atoms with Crippen LogP contribution in [0.15, 0.2) is 69.0 Å². The minimum atomic E-state index is -0.0178. The number of methoxy groups -OCH3 is 1. The molecule has 4 aromatic rings. The maximum Gasteiger partial charge on any atom is 0.188 e. The number of thioether (sulfide) groups is 1. The summed E-state index contributed by atoms with van der Waals surface area (Å²) in [5.41, 5.74) is 2.62. The molecule has 0 aliphatic carbocycles. The predicted octanol–water partition coefficient (Wildman–Crippen LogP) is 4.68. The quantitative estimate of drug-likeness (QED) is 0.248. The van der Waals surface area contributed by atoms with E-state index in [1.54, 1.807) is 49.9 Å². The number of Topliss-reactive ketones (excluding diaryl/α,β-unsaturated/α-hetero) is 1. The molecule has 0 N–H and O–H groups in total. The van der Waals surface area contributed by atoms with E-state index in [0.717, 1.165) is 5.69 Å². The third-order valence-electron chi connectivity index (χ3n) is 4.16. The SMILES string of the molecule is COc1ccc(C(=O)CSc2ncc(-c3cc(C)no3)c(-c3ccco3)n2)cc1. The smallest absolute Gasteiger partial charge is 0.188 e. The van der Waals surface area contributed by atoms with Gasteiger partial charge in [-0.25, -0.2) is 9.97 Å². The Morgan fingerprint density at radius 1 is 1.17 bits per heavy atom. The lowest BCUT2D eigenvalue weighted by Crippen LogP contribution is -2.03. The average Bonchev–Trinajstić information content (AvgIpc) is 3.44. The van der Waals surface area contributed by atoms with E-state index in [-0.39, 0.29) is 11.5 Å². The second-order valence-corrected chi connectivity index (χ2v) is 7.11. The summed E-state index contributed by atoms with van der Waals surface area (Å²) in [6, 6.07) is 12.4. The molecule has 0 unspecified atom stereocenters. The normalized spacial score (nSPS) is 10.8. The molecule has 0 atom stereocenters. The molecule has 4 rings (SSSR count). The second kappa shape index (κ2) is 8.32. The summed E-state index contributed by atoms with van der Waals surface area (Å²) in [5, 5.41) is 4.39. The van der Waals surface area contributed by atoms with E-state index in [1.165, 1.54) is 11.8 Å². The average molecular weight is 407 g/mol. The van der Waals surface area contributed by atoms with E-state index in [1.807, 2.05) is 19.1 Å². The number of aryl methyl sites for hydroxylation is 1. The molecule has 0 bridgehead atoms. The van der Waals surface area contributed by atoms with Crippen molar-refractivity contribution < 1.29 is 18.5 Å². The highest BCUT2D eigenvalue weighted by Crippen LogP contribution is 2.32. The van der Waals surface area contributed by atoms with Gasteiger partial charge in [0, 0.05) is 17.8 Å². The Morgan fingerprint density at radius 2 is 2.00 bits per heavy atom. The monoisotopic (exact) mass is 407 g/mol. The third kappa shape index (κ3) is 4.22. The molecular formula is C21H17N3O4S. The molecule has 3 heterocycles. The molecule has 0 saturated heterocycles. The van der Waals surface area contributed by atoms with Gasteiger partial charge in [-0.2, -0.15) is 0 Å². The zero-order chi connectivity index (χ0) is 20.2. The Balaban J connectivity index is 1.56. The van der Waals surface area contributed by atoms with Crippen LogP contribution < -0.4 is 4.74 Å². The van der Waals surface area contributed by atoms with E-state index in [9.17, 15) is 4.79 Å². The highest BCUT2D eigenvalue weighted by Gasteiger charge is 2.18. The van der Waals surface area contributed by atoms with Crippen molar-refractivity contribution in [3.63, 3.8) is 0 Å². The van der Waals surface area contributed by atoms with E-state index in [2.05, 4.69) is 15.1 Å². The van der Waals surface area contributed by atoms with Gasteiger partial charge in [0.2, 0.25) is 0 Å². The van der Waals surface area contributed by atoms with E-state index < -0.39 is 0 Å². The van der Waals surface area contributed by atoms with Gasteiger partial charge in [-0.05, 0) is 43.3 Å². The number of furan rings is 1. The van der Waals surface area contributed by atoms with Crippen LogP contribution in [0.5, 0.6) is 5.75 Å². The highest BCUT2D eigenvalue weighted by atomic mass is 32.2. The first-order chi connectivity index (χ1) is 14.1. The van der Waals surface area contributed by atoms with Gasteiger partial charge in [0.25, 0.3) is 0 Å². The third-order valence-corrected chi connectivity index (χ3v) is 5.02. The molecule has 0 fully saturated rings. The Hall–Kier alpha value is -3.39. The minimum Gasteiger partial charge on any atom is -0.497 e. The van der Waals surface area contributed by atoms with Crippen LogP contribution in [0.25, 0.3) is 22.8 Å². The summed E-state index contributed by atoms with van der Waals surface area (Å²) >= 11 is 1.26. The summed E-state index contributed by atoms with van der Waals surface area (Å²) in [4.78, 5) is 21.4. The molecular weight excluding hydrogens is 390 g/mol. The molecule has 146 valence electrons. The first kappa shape index (κ1) is 18.9. The molecule has 0 saturated carbocycles. The molecule has 7 nitrogen and oxygen atoms in total. The minimum absolute atomic E-state index is 0.0178. The lowest BCUT2D eigenvalue weighted by Gasteiger charge is -2.06. The topological polar surface area (TPSA) is 91.2 Å². The van der Waals surface area contributed by atoms with Crippen molar-refractivity contribution >= 4 is 17.5 Å². The summed E-state index contributed by atoms with van der Waals surface area (Å²) in [6.07, 6.45) is 3.23. The van der Waals surface area contributed by atoms with Gasteiger partial charge < -0.3 is 13.7 Å². The standard InChI is InChI=1S/C21H17N3O4S/c1-13-10-19(28-24-13)16-11-22-21(23-20(16)18-4-3-9-27-18)29-12-17(25)14-5-7-15(26-2)8-6-14/h3-11H,12H2,1-2H3. The number of ketones is 1. The molecule has 8 heteroatoms. The summed E-state index contributed by atoms with van der Waals surface area (Å²) in [7, 11) is 1.59. The van der Waals surface area contributed by atoms with Crippen LogP contribution in [0.4, 0.5) is 0 Å². The Kier molecular flexibility index (Phi) is 5.44. The fraction of sp³-hybridized carbons (Fsp3) is 0.143. The van der Waals surface area contributed by atoms with Crippen molar-refractivity contribution in [3.05, 3.63) is 66.2 Å². The molecule has 0 aliphatic rings. The van der Waals surface area contributed by atoms with E-state index in [0.29, 0.717) is 39.2 Å². The first-order valence-electron chi connectivity index (χ1n) is 8.78. The van der Waals surface area contributed by atoms with Crippen molar-refractivity contribution in [2.45, 2.75) is 12.1 Å². The fourth-order valence-corrected chi connectivity index (χ4v) is 3.41. The number of carbonyl (C=O) groups excluding carboxylic acids is 1. The molecule has 0 amide bonds.